The molecule has 0 radical (unpaired) electrons. The summed E-state index contributed by atoms with van der Waals surface area (Å²) in [5.41, 5.74) is 4.07. The molecule has 1 saturated heterocycles. The molecule has 222 valence electrons. The Hall–Kier alpha value is -3.03. The number of rotatable bonds is 6. The minimum Gasteiger partial charge on any atom is -0.375 e. The van der Waals surface area contributed by atoms with Crippen LogP contribution in [0, 0.1) is 5.82 Å². The van der Waals surface area contributed by atoms with E-state index in [1.165, 1.54) is 12.1 Å². The zero-order valence-electron chi connectivity index (χ0n) is 24.8. The first-order valence-corrected chi connectivity index (χ1v) is 16.8. The number of piperazine rings is 1. The van der Waals surface area contributed by atoms with Crippen LogP contribution < -0.4 is 4.67 Å². The van der Waals surface area contributed by atoms with Gasteiger partial charge in [-0.15, -0.1) is 0 Å². The maximum absolute atomic E-state index is 15.1. The first-order valence-electron chi connectivity index (χ1n) is 14.4. The van der Waals surface area contributed by atoms with E-state index in [-0.39, 0.29) is 28.4 Å². The van der Waals surface area contributed by atoms with Gasteiger partial charge in [0, 0.05) is 37.4 Å². The molecule has 10 heteroatoms. The van der Waals surface area contributed by atoms with Gasteiger partial charge in [-0.3, -0.25) is 14.1 Å². The fourth-order valence-electron chi connectivity index (χ4n) is 6.04. The predicted molar refractivity (Wildman–Crippen MR) is 171 cm³/mol. The van der Waals surface area contributed by atoms with E-state index in [0.717, 1.165) is 29.7 Å². The van der Waals surface area contributed by atoms with Crippen molar-refractivity contribution in [3.63, 3.8) is 0 Å². The summed E-state index contributed by atoms with van der Waals surface area (Å²) < 4.78 is 36.6. The number of aliphatic hydroxyl groups excluding tert-OH is 1. The van der Waals surface area contributed by atoms with Crippen molar-refractivity contribution >= 4 is 36.4 Å². The highest BCUT2D eigenvalue weighted by Gasteiger charge is 2.43. The summed E-state index contributed by atoms with van der Waals surface area (Å²) in [6.45, 7) is 14.7. The minimum absolute atomic E-state index is 0.0387. The average Bonchev–Trinajstić information content (AvgIpc) is 2.97. The molecule has 1 N–H and O–H groups in total. The van der Waals surface area contributed by atoms with Crippen LogP contribution in [0.25, 0.3) is 11.3 Å². The molecule has 0 saturated carbocycles. The SMILES string of the molecule is C=CC(O)N1C[C@H](C)N(C2=NP(C)(=O)N(c3c(CC)cccc3CC)c3nc(-c4ccccc4F)c(Cl)cc32)C[C@H]1C. The molecule has 2 aromatic carbocycles. The van der Waals surface area contributed by atoms with Gasteiger partial charge in [0.25, 0.3) is 7.44 Å². The Kier molecular flexibility index (Phi) is 8.64. The van der Waals surface area contributed by atoms with Crippen molar-refractivity contribution in [2.75, 3.05) is 24.4 Å². The third kappa shape index (κ3) is 5.30. The van der Waals surface area contributed by atoms with Gasteiger partial charge in [-0.05, 0) is 62.1 Å². The van der Waals surface area contributed by atoms with E-state index < -0.39 is 19.5 Å². The van der Waals surface area contributed by atoms with Crippen LogP contribution >= 0.6 is 19.0 Å². The topological polar surface area (TPSA) is 72.3 Å². The molecule has 42 heavy (non-hydrogen) atoms. The number of halogens is 2. The van der Waals surface area contributed by atoms with Crippen LogP contribution in [-0.2, 0) is 17.4 Å². The van der Waals surface area contributed by atoms with Crippen LogP contribution in [0.1, 0.15) is 44.4 Å². The van der Waals surface area contributed by atoms with Gasteiger partial charge in [0.2, 0.25) is 0 Å². The Balaban J connectivity index is 1.76. The number of amidine groups is 1. The van der Waals surface area contributed by atoms with Crippen molar-refractivity contribution < 1.29 is 14.1 Å². The maximum atomic E-state index is 15.1. The second kappa shape index (κ2) is 11.9. The van der Waals surface area contributed by atoms with Crippen molar-refractivity contribution in [1.82, 2.24) is 14.8 Å². The van der Waals surface area contributed by atoms with Crippen molar-refractivity contribution in [2.24, 2.45) is 4.76 Å². The number of nitrogens with zero attached hydrogens (tertiary/aromatic N) is 5. The largest absolute Gasteiger partial charge is 0.375 e. The highest BCUT2D eigenvalue weighted by atomic mass is 35.5. The van der Waals surface area contributed by atoms with Crippen LogP contribution in [-0.4, -0.2) is 63.8 Å². The number of para-hydroxylation sites is 1. The molecule has 7 nitrogen and oxygen atoms in total. The molecule has 0 aliphatic carbocycles. The fourth-order valence-corrected chi connectivity index (χ4v) is 8.09. The molecule has 0 spiro atoms. The van der Waals surface area contributed by atoms with Crippen molar-refractivity contribution in [2.45, 2.75) is 58.8 Å². The highest BCUT2D eigenvalue weighted by molar-refractivity contribution is 7.64. The standard InChI is InChI=1S/C32H38ClFN5O2P/c1-7-22-13-12-14-23(8-2)30(22)39-31-25(17-26(33)29(35-31)24-15-10-11-16-27(24)34)32(36-42(39,6)41)38-19-20(4)37(18-21(38)5)28(40)9-3/h9-17,20-21,28,40H,3,7-8,18-19H2,1-2,4-6H3/t20-,21+,28?,42?/m1/s1. The smallest absolute Gasteiger partial charge is 0.285 e. The number of aliphatic hydroxyl groups is 1. The molecule has 2 aliphatic rings. The summed E-state index contributed by atoms with van der Waals surface area (Å²) >= 11 is 6.86. The molecule has 5 rings (SSSR count). The molecule has 2 unspecified atom stereocenters. The lowest BCUT2D eigenvalue weighted by molar-refractivity contribution is -0.0293. The Morgan fingerprint density at radius 2 is 1.76 bits per heavy atom. The van der Waals surface area contributed by atoms with Crippen LogP contribution in [0.4, 0.5) is 15.9 Å². The lowest BCUT2D eigenvalue weighted by Crippen LogP contribution is -2.60. The number of benzene rings is 2. The summed E-state index contributed by atoms with van der Waals surface area (Å²) in [7, 11) is -3.48. The van der Waals surface area contributed by atoms with E-state index in [4.69, 9.17) is 21.3 Å². The molecule has 1 fully saturated rings. The Labute approximate surface area is 252 Å². The zero-order chi connectivity index (χ0) is 30.3. The molecule has 0 amide bonds. The first kappa shape index (κ1) is 30.4. The first-order chi connectivity index (χ1) is 20.0. The summed E-state index contributed by atoms with van der Waals surface area (Å²) in [6, 6.07) is 14.1. The molecule has 3 aromatic rings. The Morgan fingerprint density at radius 1 is 1.10 bits per heavy atom. The predicted octanol–water partition coefficient (Wildman–Crippen LogP) is 7.29. The lowest BCUT2D eigenvalue weighted by atomic mass is 10.0. The summed E-state index contributed by atoms with van der Waals surface area (Å²) in [6.07, 6.45) is 2.20. The summed E-state index contributed by atoms with van der Waals surface area (Å²) in [4.78, 5) is 9.11. The monoisotopic (exact) mass is 609 g/mol. The van der Waals surface area contributed by atoms with Crippen molar-refractivity contribution in [1.29, 1.82) is 0 Å². The van der Waals surface area contributed by atoms with E-state index in [1.807, 2.05) is 36.9 Å². The number of aromatic nitrogens is 1. The van der Waals surface area contributed by atoms with Gasteiger partial charge in [-0.25, -0.2) is 9.37 Å². The number of hydrogen-bond acceptors (Lipinski definition) is 5. The van der Waals surface area contributed by atoms with Crippen LogP contribution in [0.15, 0.2) is 65.9 Å². The number of pyridine rings is 1. The third-order valence-electron chi connectivity index (χ3n) is 8.21. The lowest BCUT2D eigenvalue weighted by Gasteiger charge is -2.48. The second-order valence-corrected chi connectivity index (χ2v) is 13.7. The molecule has 2 aliphatic heterocycles. The third-order valence-corrected chi connectivity index (χ3v) is 10.2. The van der Waals surface area contributed by atoms with Gasteiger partial charge in [0.15, 0.2) is 5.82 Å². The van der Waals surface area contributed by atoms with E-state index in [9.17, 15) is 9.67 Å². The van der Waals surface area contributed by atoms with Gasteiger partial charge in [-0.1, -0.05) is 62.4 Å². The van der Waals surface area contributed by atoms with Gasteiger partial charge >= 0.3 is 0 Å². The molecular formula is C32H38ClFN5O2P. The Bertz CT molecular complexity index is 1570. The quantitative estimate of drug-likeness (QED) is 0.234. The molecule has 0 bridgehead atoms. The number of fused-ring (bicyclic) bond motifs is 1. The molecule has 1 aromatic heterocycles. The molecular weight excluding hydrogens is 572 g/mol. The van der Waals surface area contributed by atoms with E-state index in [2.05, 4.69) is 25.3 Å². The normalized spacial score (nSPS) is 23.4. The molecule has 4 atom stereocenters. The van der Waals surface area contributed by atoms with Gasteiger partial charge in [0.1, 0.15) is 17.9 Å². The van der Waals surface area contributed by atoms with E-state index in [1.54, 1.807) is 35.6 Å². The maximum Gasteiger partial charge on any atom is 0.285 e. The van der Waals surface area contributed by atoms with E-state index >= 15 is 4.39 Å². The number of aryl methyl sites for hydroxylation is 2. The van der Waals surface area contributed by atoms with Crippen LogP contribution in [0.5, 0.6) is 0 Å². The zero-order valence-corrected chi connectivity index (χ0v) is 26.4. The van der Waals surface area contributed by atoms with Crippen LogP contribution in [0.2, 0.25) is 5.02 Å². The van der Waals surface area contributed by atoms with Gasteiger partial charge in [0.05, 0.1) is 22.0 Å². The minimum atomic E-state index is -3.48. The van der Waals surface area contributed by atoms with Crippen molar-refractivity contribution in [3.8, 4) is 11.3 Å². The summed E-state index contributed by atoms with van der Waals surface area (Å²) in [5.74, 6) is 0.545. The van der Waals surface area contributed by atoms with Crippen LogP contribution in [0.3, 0.4) is 0 Å². The summed E-state index contributed by atoms with van der Waals surface area (Å²) in [5, 5.41) is 10.8. The van der Waals surface area contributed by atoms with E-state index in [0.29, 0.717) is 30.3 Å². The number of hydrogen-bond donors (Lipinski definition) is 1. The fraction of sp³-hybridized carbons (Fsp3) is 0.375. The number of anilines is 2. The van der Waals surface area contributed by atoms with Gasteiger partial charge < -0.3 is 10.0 Å². The van der Waals surface area contributed by atoms with Gasteiger partial charge in [-0.2, -0.15) is 4.76 Å². The highest BCUT2D eigenvalue weighted by Crippen LogP contribution is 2.60. The van der Waals surface area contributed by atoms with Crippen molar-refractivity contribution in [3.05, 3.63) is 88.7 Å². The Morgan fingerprint density at radius 3 is 2.38 bits per heavy atom. The second-order valence-electron chi connectivity index (χ2n) is 11.1. The molecule has 3 heterocycles. The average molecular weight is 610 g/mol.